The van der Waals surface area contributed by atoms with Crippen molar-refractivity contribution < 1.29 is 103 Å². The van der Waals surface area contributed by atoms with Crippen molar-refractivity contribution in [2.24, 2.45) is 0 Å². The maximum atomic E-state index is 13.3. The minimum atomic E-state index is -1.33. The van der Waals surface area contributed by atoms with Crippen LogP contribution in [-0.4, -0.2) is 141 Å². The summed E-state index contributed by atoms with van der Waals surface area (Å²) in [6.45, 7) is 7.65. The first-order valence-electron chi connectivity index (χ1n) is 35.5. The van der Waals surface area contributed by atoms with Gasteiger partial charge in [-0.1, -0.05) is 264 Å². The molecule has 0 aliphatic rings. The topological polar surface area (TPSA) is 229 Å². The molecular weight excluding hydrogens is 1450 g/mol. The summed E-state index contributed by atoms with van der Waals surface area (Å²) in [6.07, 6.45) is -3.94. The summed E-state index contributed by atoms with van der Waals surface area (Å²) < 4.78 is 88.4. The van der Waals surface area contributed by atoms with Crippen LogP contribution in [0, 0.1) is 0 Å². The zero-order valence-corrected chi connectivity index (χ0v) is 64.1. The van der Waals surface area contributed by atoms with E-state index in [1.807, 2.05) is 202 Å². The number of carbonyl (C=O) groups excluding carboxylic acids is 6. The van der Waals surface area contributed by atoms with Gasteiger partial charge in [0.1, 0.15) is 44.9 Å². The second kappa shape index (κ2) is 60.1. The Morgan fingerprint density at radius 1 is 0.398 bits per heavy atom. The highest BCUT2D eigenvalue weighted by atomic mass is 35.5. The predicted molar refractivity (Wildman–Crippen MR) is 417 cm³/mol. The van der Waals surface area contributed by atoms with E-state index in [2.05, 4.69) is 23.3 Å². The molecule has 586 valence electrons. The fourth-order valence-corrected chi connectivity index (χ4v) is 8.95. The lowest BCUT2D eigenvalue weighted by Gasteiger charge is -2.09. The first kappa shape index (κ1) is 97.1. The van der Waals surface area contributed by atoms with E-state index in [1.165, 1.54) is 5.49 Å². The van der Waals surface area contributed by atoms with Crippen LogP contribution in [0.3, 0.4) is 0 Å². The molecule has 0 spiro atoms. The van der Waals surface area contributed by atoms with Crippen LogP contribution in [0.1, 0.15) is 134 Å². The minimum absolute atomic E-state index is 0. The van der Waals surface area contributed by atoms with Gasteiger partial charge in [-0.2, -0.15) is 0 Å². The zero-order chi connectivity index (χ0) is 77.5. The highest BCUT2D eigenvalue weighted by Gasteiger charge is 2.17. The largest absolute Gasteiger partial charge is 1.00 e. The number of Topliss-reactive ketones (excluding diaryl/α,β-unsaturated/α-hetero) is 3. The molecule has 108 heavy (non-hydrogen) atoms. The molecule has 6 N–H and O–H groups in total. The highest BCUT2D eigenvalue weighted by Crippen LogP contribution is 2.23. The summed E-state index contributed by atoms with van der Waals surface area (Å²) in [6, 6.07) is 71.1. The van der Waals surface area contributed by atoms with Gasteiger partial charge in [0.2, 0.25) is 0 Å². The van der Waals surface area contributed by atoms with Crippen LogP contribution < -0.4 is 23.5 Å². The molecule has 8 rings (SSSR count). The van der Waals surface area contributed by atoms with Gasteiger partial charge in [0.05, 0.1) is 63.9 Å². The summed E-state index contributed by atoms with van der Waals surface area (Å²) in [5.74, 6) is -2.12. The maximum absolute atomic E-state index is 13.3. The molecule has 0 amide bonds. The summed E-state index contributed by atoms with van der Waals surface area (Å²) in [4.78, 5) is 71.0. The molecule has 0 saturated carbocycles. The SMILES string of the molecule is CCC(F)CO.CCC(F)COC(=O)CCC(=O)c1ccc(-c2ccccc2)cc1.CCC(F)COCc1ccccc1.CCC(O)COCc1ccccc1.Cl.O=C(CCC(=O)c1ccc(-c2ccccc2)cc1)OCC(F)CNC=S.[Cl-].[NH3+]CC(F)COC(=O)CCC(=O)c1ccc(-c2ccccc2)cc1. The molecule has 6 unspecified atom stereocenters. The second-order valence-corrected chi connectivity index (χ2v) is 24.2. The molecule has 8 aromatic rings. The summed E-state index contributed by atoms with van der Waals surface area (Å²) in [5, 5.41) is 19.7. The molecular formula is C85H103Cl2F5N2O13S. The quantitative estimate of drug-likeness (QED) is 0.00927. The Bertz CT molecular complexity index is 3510. The Morgan fingerprint density at radius 2 is 0.685 bits per heavy atom. The number of aliphatic hydroxyl groups excluding tert-OH is 2. The number of carbonyl (C=O) groups is 6. The lowest BCUT2D eigenvalue weighted by Crippen LogP contribution is -3.00. The molecule has 0 aromatic heterocycles. The number of esters is 3. The van der Waals surface area contributed by atoms with E-state index in [0.717, 1.165) is 50.9 Å². The number of aliphatic hydroxyl groups is 2. The fourth-order valence-electron chi connectivity index (χ4n) is 8.85. The van der Waals surface area contributed by atoms with Crippen molar-refractivity contribution in [2.45, 2.75) is 142 Å². The average molecular weight is 1560 g/mol. The molecule has 0 aliphatic heterocycles. The van der Waals surface area contributed by atoms with Crippen molar-refractivity contribution in [1.82, 2.24) is 5.32 Å². The molecule has 8 aromatic carbocycles. The number of benzene rings is 8. The van der Waals surface area contributed by atoms with Crippen molar-refractivity contribution in [2.75, 3.05) is 52.7 Å². The van der Waals surface area contributed by atoms with E-state index in [9.17, 15) is 55.8 Å². The van der Waals surface area contributed by atoms with Crippen molar-refractivity contribution in [3.63, 3.8) is 0 Å². The van der Waals surface area contributed by atoms with Crippen LogP contribution >= 0.6 is 24.6 Å². The van der Waals surface area contributed by atoms with Gasteiger partial charge in [0.15, 0.2) is 29.7 Å². The molecule has 23 heteroatoms. The molecule has 15 nitrogen and oxygen atoms in total. The van der Waals surface area contributed by atoms with Crippen molar-refractivity contribution >= 4 is 65.4 Å². The van der Waals surface area contributed by atoms with Gasteiger partial charge in [-0.25, -0.2) is 22.0 Å². The van der Waals surface area contributed by atoms with Crippen molar-refractivity contribution in [3.8, 4) is 33.4 Å². The number of quaternary nitrogens is 1. The molecule has 0 radical (unpaired) electrons. The number of rotatable bonds is 38. The Labute approximate surface area is 650 Å². The summed E-state index contributed by atoms with van der Waals surface area (Å²) >= 11 is 4.51. The number of halogens is 7. The number of thiocarbonyl (C=S) groups is 1. The number of ketones is 3. The third kappa shape index (κ3) is 43.8. The molecule has 0 fully saturated rings. The van der Waals surface area contributed by atoms with Crippen LogP contribution in [0.25, 0.3) is 33.4 Å². The van der Waals surface area contributed by atoms with E-state index in [1.54, 1.807) is 50.2 Å². The molecule has 0 aliphatic carbocycles. The van der Waals surface area contributed by atoms with Crippen molar-refractivity contribution in [3.05, 3.63) is 252 Å². The lowest BCUT2D eigenvalue weighted by atomic mass is 10.0. The van der Waals surface area contributed by atoms with Gasteiger partial charge >= 0.3 is 17.9 Å². The number of hydrogen-bond acceptors (Lipinski definition) is 14. The van der Waals surface area contributed by atoms with E-state index < -0.39 is 48.8 Å². The first-order valence-corrected chi connectivity index (χ1v) is 35.9. The van der Waals surface area contributed by atoms with Crippen LogP contribution in [0.5, 0.6) is 0 Å². The van der Waals surface area contributed by atoms with Crippen LogP contribution in [0.2, 0.25) is 0 Å². The molecule has 6 atom stereocenters. The lowest BCUT2D eigenvalue weighted by molar-refractivity contribution is -0.380. The Balaban J connectivity index is 0.000000673. The van der Waals surface area contributed by atoms with Gasteiger partial charge in [-0.05, 0) is 70.2 Å². The predicted octanol–water partition coefficient (Wildman–Crippen LogP) is 13.9. The van der Waals surface area contributed by atoms with Crippen LogP contribution in [-0.2, 0) is 51.3 Å². The van der Waals surface area contributed by atoms with E-state index in [0.29, 0.717) is 55.8 Å². The highest BCUT2D eigenvalue weighted by molar-refractivity contribution is 7.78. The van der Waals surface area contributed by atoms with Crippen LogP contribution in [0.15, 0.2) is 224 Å². The van der Waals surface area contributed by atoms with Gasteiger partial charge < -0.3 is 57.4 Å². The van der Waals surface area contributed by atoms with E-state index in [-0.39, 0.29) is 133 Å². The van der Waals surface area contributed by atoms with Crippen molar-refractivity contribution in [1.29, 1.82) is 0 Å². The summed E-state index contributed by atoms with van der Waals surface area (Å²) in [5.41, 5.74) is 14.7. The molecule has 0 bridgehead atoms. The van der Waals surface area contributed by atoms with E-state index >= 15 is 0 Å². The smallest absolute Gasteiger partial charge is 0.306 e. The number of hydrogen-bond donors (Lipinski definition) is 4. The third-order valence-corrected chi connectivity index (χ3v) is 15.6. The fraction of sp³-hybridized carbons (Fsp3) is 0.353. The standard InChI is InChI=1S/C20H20FNO3S.C20H21FO3.C19H20FNO3.C11H15FO.C11H16O2.C4H9FO.2ClH/c21-18(12-22-14-26)13-25-20(24)11-10-19(23)17-8-6-16(7-9-17)15-4-2-1-3-5-15;1-2-18(21)14-24-20(23)13-12-19(22)17-10-8-16(9-11-17)15-6-4-3-5-7-15;20-17(12-21)13-24-19(23)11-10-18(22)16-8-6-15(7-9-16)14-4-2-1-3-5-14;2*1-2-11(12)9-13-8-10-6-4-3-5-7-10;1-2-4(5)3-6;;/h1-9,14,18H,10-13H2,(H,22,26);3-11,18H,2,12-14H2,1H3;1-9,17H,10-13,21H2;3-7,11H,2,8-9H2,1H3;3-7,11-12H,2,8-9H2,1H3;4,6H,2-3H2,1H3;2*1H. The van der Waals surface area contributed by atoms with E-state index in [4.69, 9.17) is 28.8 Å². The average Bonchev–Trinajstić information content (AvgIpc) is 0.866. The molecule has 0 heterocycles. The normalized spacial score (nSPS) is 11.9. The Kier molecular flexibility index (Phi) is 54.0. The zero-order valence-electron chi connectivity index (χ0n) is 61.7. The van der Waals surface area contributed by atoms with Crippen LogP contribution in [0.4, 0.5) is 22.0 Å². The third-order valence-electron chi connectivity index (χ3n) is 15.5. The van der Waals surface area contributed by atoms with Gasteiger partial charge in [-0.3, -0.25) is 28.8 Å². The maximum Gasteiger partial charge on any atom is 0.306 e. The number of alkyl halides is 5. The van der Waals surface area contributed by atoms with Gasteiger partial charge in [-0.15, -0.1) is 12.4 Å². The first-order chi connectivity index (χ1) is 51.2. The minimum Gasteiger partial charge on any atom is -1.00 e. The second-order valence-electron chi connectivity index (χ2n) is 23.9. The number of nitrogens with one attached hydrogen (secondary N) is 1. The Morgan fingerprint density at radius 3 is 0.972 bits per heavy atom. The van der Waals surface area contributed by atoms with Gasteiger partial charge in [0.25, 0.3) is 0 Å². The Hall–Kier alpha value is -8.90. The summed E-state index contributed by atoms with van der Waals surface area (Å²) in [7, 11) is 0. The molecule has 0 saturated heterocycles. The van der Waals surface area contributed by atoms with Gasteiger partial charge in [0, 0.05) is 42.5 Å². The number of ether oxygens (including phenoxy) is 5. The monoisotopic (exact) mass is 1560 g/mol.